The highest BCUT2D eigenvalue weighted by molar-refractivity contribution is 9.09. The highest BCUT2D eigenvalue weighted by Crippen LogP contribution is 2.42. The minimum Gasteiger partial charge on any atom is -0.465 e. The fourth-order valence-corrected chi connectivity index (χ4v) is 5.87. The molecule has 2 saturated carbocycles. The van der Waals surface area contributed by atoms with E-state index in [-0.39, 0.29) is 36.0 Å². The largest absolute Gasteiger partial charge is 0.465 e. The Morgan fingerprint density at radius 1 is 0.894 bits per heavy atom. The molecule has 2 aromatic carbocycles. The third kappa shape index (κ3) is 10.00. The molecule has 0 amide bonds. The van der Waals surface area contributed by atoms with E-state index in [0.717, 1.165) is 53.0 Å². The number of rotatable bonds is 9. The number of esters is 2. The molecule has 0 saturated heterocycles. The number of amidine groups is 1. The summed E-state index contributed by atoms with van der Waals surface area (Å²) in [6, 6.07) is 7.78. The predicted molar refractivity (Wildman–Crippen MR) is 193 cm³/mol. The molecule has 2 aliphatic carbocycles. The van der Waals surface area contributed by atoms with Crippen molar-refractivity contribution >= 4 is 51.9 Å². The first-order valence-electron chi connectivity index (χ1n) is 15.9. The van der Waals surface area contributed by atoms with Crippen molar-refractivity contribution in [3.8, 4) is 11.3 Å². The van der Waals surface area contributed by atoms with Gasteiger partial charge in [0.2, 0.25) is 0 Å². The zero-order chi connectivity index (χ0) is 34.0. The molecule has 5 rings (SSSR count). The molecule has 47 heavy (non-hydrogen) atoms. The van der Waals surface area contributed by atoms with Crippen molar-refractivity contribution in [2.24, 2.45) is 5.73 Å². The zero-order valence-electron chi connectivity index (χ0n) is 28.3. The number of nitrogen functional groups attached to an aromatic ring is 1. The average Bonchev–Trinajstić information content (AvgIpc) is 3.48. The maximum atomic E-state index is 12.0. The average molecular weight is 732 g/mol. The molecule has 0 unspecified atom stereocenters. The number of methoxy groups -OCH3 is 2. The van der Waals surface area contributed by atoms with Crippen LogP contribution in [0, 0.1) is 19.3 Å². The second-order valence-corrected chi connectivity index (χ2v) is 12.3. The van der Waals surface area contributed by atoms with Crippen molar-refractivity contribution in [2.75, 3.05) is 19.5 Å². The first-order valence-corrected chi connectivity index (χ1v) is 17.0. The minimum atomic E-state index is -0.379. The molecule has 1 heterocycles. The topological polar surface area (TPSA) is 148 Å². The summed E-state index contributed by atoms with van der Waals surface area (Å²) in [6.45, 7) is 7.79. The smallest absolute Gasteiger partial charge is 0.338 e. The van der Waals surface area contributed by atoms with Gasteiger partial charge in [0, 0.05) is 24.0 Å². The van der Waals surface area contributed by atoms with Gasteiger partial charge in [0.15, 0.2) is 0 Å². The number of nitrogens with zero attached hydrogens (tertiary/aromatic N) is 1. The Kier molecular flexibility index (Phi) is 15.8. The molecule has 256 valence electrons. The van der Waals surface area contributed by atoms with Crippen LogP contribution in [-0.2, 0) is 20.7 Å². The Hall–Kier alpha value is -3.50. The molecule has 0 atom stereocenters. The lowest BCUT2D eigenvalue weighted by Gasteiger charge is -2.28. The fourth-order valence-electron chi connectivity index (χ4n) is 5.47. The fraction of sp³-hybridized carbons (Fsp3) is 0.472. The number of ether oxygens (including phenoxy) is 2. The van der Waals surface area contributed by atoms with Crippen LogP contribution in [0.5, 0.6) is 0 Å². The maximum absolute atomic E-state index is 12.0. The van der Waals surface area contributed by atoms with Crippen molar-refractivity contribution < 1.29 is 23.9 Å². The van der Waals surface area contributed by atoms with Gasteiger partial charge in [-0.3, -0.25) is 10.2 Å². The number of imidazole rings is 1. The molecular formula is C36H48BrClN4O5. The Morgan fingerprint density at radius 3 is 1.79 bits per heavy atom. The third-order valence-electron chi connectivity index (χ3n) is 8.78. The molecular weight excluding hydrogens is 684 g/mol. The van der Waals surface area contributed by atoms with E-state index >= 15 is 0 Å². The maximum Gasteiger partial charge on any atom is 0.338 e. The lowest BCUT2D eigenvalue weighted by molar-refractivity contribution is -0.116. The van der Waals surface area contributed by atoms with Gasteiger partial charge in [0.25, 0.3) is 0 Å². The molecule has 4 N–H and O–H groups in total. The molecule has 0 radical (unpaired) electrons. The van der Waals surface area contributed by atoms with Gasteiger partial charge in [-0.2, -0.15) is 0 Å². The highest BCUT2D eigenvalue weighted by atomic mass is 79.9. The van der Waals surface area contributed by atoms with E-state index in [4.69, 9.17) is 20.6 Å². The Morgan fingerprint density at radius 2 is 1.40 bits per heavy atom. The summed E-state index contributed by atoms with van der Waals surface area (Å²) in [5.41, 5.74) is 13.8. The normalized spacial score (nSPS) is 13.7. The molecule has 9 nitrogen and oxygen atoms in total. The van der Waals surface area contributed by atoms with Gasteiger partial charge in [-0.05, 0) is 85.8 Å². The van der Waals surface area contributed by atoms with Crippen molar-refractivity contribution in [3.05, 3.63) is 75.2 Å². The van der Waals surface area contributed by atoms with Crippen molar-refractivity contribution in [1.82, 2.24) is 9.97 Å². The van der Waals surface area contributed by atoms with Crippen LogP contribution >= 0.6 is 28.3 Å². The van der Waals surface area contributed by atoms with Crippen LogP contribution in [0.1, 0.15) is 125 Å². The van der Waals surface area contributed by atoms with Gasteiger partial charge >= 0.3 is 11.9 Å². The Balaban J connectivity index is 0.000000278. The summed E-state index contributed by atoms with van der Waals surface area (Å²) >= 11 is 3.03. The highest BCUT2D eigenvalue weighted by Gasteiger charge is 2.26. The van der Waals surface area contributed by atoms with Crippen LogP contribution < -0.4 is 5.73 Å². The van der Waals surface area contributed by atoms with Crippen LogP contribution in [0.3, 0.4) is 0 Å². The number of aromatic amines is 1. The van der Waals surface area contributed by atoms with E-state index in [0.29, 0.717) is 40.3 Å². The number of nitrogens with one attached hydrogen (secondary N) is 2. The van der Waals surface area contributed by atoms with E-state index in [1.807, 2.05) is 39.1 Å². The monoisotopic (exact) mass is 730 g/mol. The Bertz CT molecular complexity index is 1560. The number of aromatic nitrogens is 2. The number of ketones is 1. The van der Waals surface area contributed by atoms with Gasteiger partial charge < -0.3 is 20.2 Å². The van der Waals surface area contributed by atoms with E-state index in [1.165, 1.54) is 45.5 Å². The van der Waals surface area contributed by atoms with Crippen LogP contribution in [-0.4, -0.2) is 53.1 Å². The zero-order valence-corrected chi connectivity index (χ0v) is 30.7. The first kappa shape index (κ1) is 39.7. The van der Waals surface area contributed by atoms with Crippen LogP contribution in [0.25, 0.3) is 11.3 Å². The predicted octanol–water partition coefficient (Wildman–Crippen LogP) is 8.12. The summed E-state index contributed by atoms with van der Waals surface area (Å²) in [4.78, 5) is 41.5. The van der Waals surface area contributed by atoms with Crippen LogP contribution in [0.4, 0.5) is 0 Å². The molecule has 2 fully saturated rings. The quantitative estimate of drug-likeness (QED) is 0.0871. The number of Topliss-reactive ketones (excluding diaryl/α,β-unsaturated/α-hetero) is 1. The second kappa shape index (κ2) is 18.7. The van der Waals surface area contributed by atoms with Crippen LogP contribution in [0.2, 0.25) is 0 Å². The first-order chi connectivity index (χ1) is 22.0. The van der Waals surface area contributed by atoms with Crippen LogP contribution in [0.15, 0.2) is 30.5 Å². The number of halogens is 2. The standard InChI is InChI=1S/C18H22N2O2.C14H18N2O2.C4H7BrO.ClH/c1-4-17-19-10-16(20-17)15-9-13(18(21)22-3)11(2)8-14(15)12-6-5-7-12;1-8-6-11(9-4-3-5-9)12(13(15)16)7-10(8)14(17)18-2;1-2-4(6)3-5;/h8-10,12H,4-7H2,1-3H3,(H,19,20);6-7,9H,3-5H2,1-2H3,(H3,15,16);2-3H2,1H3;1H. The van der Waals surface area contributed by atoms with Gasteiger partial charge in [0.05, 0.1) is 42.6 Å². The van der Waals surface area contributed by atoms with Crippen molar-refractivity contribution in [1.29, 1.82) is 5.41 Å². The number of carbonyl (C=O) groups excluding carboxylic acids is 3. The molecule has 0 spiro atoms. The lowest BCUT2D eigenvalue weighted by Crippen LogP contribution is -2.20. The number of hydrogen-bond acceptors (Lipinski definition) is 7. The number of aryl methyl sites for hydroxylation is 3. The number of alkyl halides is 1. The van der Waals surface area contributed by atoms with Gasteiger partial charge in [-0.25, -0.2) is 14.6 Å². The summed E-state index contributed by atoms with van der Waals surface area (Å²) in [7, 11) is 2.78. The van der Waals surface area contributed by atoms with E-state index in [2.05, 4.69) is 38.9 Å². The molecule has 2 aliphatic rings. The third-order valence-corrected chi connectivity index (χ3v) is 9.41. The molecule has 11 heteroatoms. The lowest BCUT2D eigenvalue weighted by atomic mass is 9.76. The minimum absolute atomic E-state index is 0. The second-order valence-electron chi connectivity index (χ2n) is 11.8. The summed E-state index contributed by atoms with van der Waals surface area (Å²) in [5.74, 6) is 1.65. The van der Waals surface area contributed by atoms with E-state index in [9.17, 15) is 14.4 Å². The van der Waals surface area contributed by atoms with Gasteiger partial charge in [-0.1, -0.05) is 54.8 Å². The SMILES string of the molecule is CCC(=O)CBr.CCc1ncc(-c2cc(C(=O)OC)c(C)cc2C2CCC2)[nH]1.COC(=O)c1cc(C(=N)N)c(C2CCC2)cc1C.Cl. The number of carbonyl (C=O) groups is 3. The number of nitrogens with two attached hydrogens (primary N) is 1. The molecule has 1 aromatic heterocycles. The van der Waals surface area contributed by atoms with Crippen molar-refractivity contribution in [3.63, 3.8) is 0 Å². The number of benzene rings is 2. The summed E-state index contributed by atoms with van der Waals surface area (Å²) in [5, 5.41) is 8.16. The van der Waals surface area contributed by atoms with Gasteiger partial charge in [0.1, 0.15) is 17.4 Å². The van der Waals surface area contributed by atoms with E-state index in [1.54, 1.807) is 6.07 Å². The van der Waals surface area contributed by atoms with Gasteiger partial charge in [-0.15, -0.1) is 12.4 Å². The molecule has 0 aliphatic heterocycles. The summed E-state index contributed by atoms with van der Waals surface area (Å²) < 4.78 is 9.65. The number of H-pyrrole nitrogens is 1. The van der Waals surface area contributed by atoms with Crippen molar-refractivity contribution in [2.45, 2.75) is 90.9 Å². The molecule has 3 aromatic rings. The molecule has 0 bridgehead atoms. The Labute approximate surface area is 292 Å². The number of hydrogen-bond donors (Lipinski definition) is 3. The van der Waals surface area contributed by atoms with E-state index < -0.39 is 0 Å². The summed E-state index contributed by atoms with van der Waals surface area (Å²) in [6.07, 6.45) is 10.6.